The van der Waals surface area contributed by atoms with E-state index in [-0.39, 0.29) is 0 Å². The van der Waals surface area contributed by atoms with Crippen LogP contribution in [0.15, 0.2) is 24.5 Å². The summed E-state index contributed by atoms with van der Waals surface area (Å²) in [5.41, 5.74) is 1.97. The third-order valence-electron chi connectivity index (χ3n) is 9.26. The van der Waals surface area contributed by atoms with Crippen LogP contribution >= 0.6 is 0 Å². The minimum atomic E-state index is -2.42. The number of pyridine rings is 1. The van der Waals surface area contributed by atoms with Crippen LogP contribution < -0.4 is 0 Å². The third-order valence-corrected chi connectivity index (χ3v) is 18.8. The van der Waals surface area contributed by atoms with Gasteiger partial charge in [-0.25, -0.2) is 0 Å². The average Bonchev–Trinajstić information content (AvgIpc) is 3.23. The van der Waals surface area contributed by atoms with E-state index < -0.39 is 25.7 Å². The molecule has 198 valence electrons. The van der Waals surface area contributed by atoms with Crippen molar-refractivity contribution in [3.63, 3.8) is 0 Å². The third kappa shape index (κ3) is 6.05. The molecule has 0 spiro atoms. The Morgan fingerprint density at radius 1 is 0.914 bits per heavy atom. The molecule has 0 N–H and O–H groups in total. The maximum absolute atomic E-state index is 6.77. The smallest absolute Gasteiger partial charge is 0.323 e. The molecule has 5 atom stereocenters. The molecule has 3 saturated carbocycles. The lowest BCUT2D eigenvalue weighted by atomic mass is 9.65. The van der Waals surface area contributed by atoms with E-state index in [1.54, 1.807) is 6.20 Å². The maximum Gasteiger partial charge on any atom is 0.323 e. The van der Waals surface area contributed by atoms with Gasteiger partial charge in [0.25, 0.3) is 0 Å². The maximum atomic E-state index is 6.77. The van der Waals surface area contributed by atoms with Crippen molar-refractivity contribution in [2.24, 2.45) is 34.5 Å². The summed E-state index contributed by atoms with van der Waals surface area (Å²) in [5.74, 6) is 3.23. The van der Waals surface area contributed by atoms with E-state index in [9.17, 15) is 0 Å². The lowest BCUT2D eigenvalue weighted by Gasteiger charge is -2.43. The van der Waals surface area contributed by atoms with Crippen LogP contribution in [0.5, 0.6) is 0 Å². The summed E-state index contributed by atoms with van der Waals surface area (Å²) in [6.07, 6.45) is 10.6. The molecule has 0 aliphatic heterocycles. The fraction of sp³-hybridized carbons (Fsp3) is 0.815. The van der Waals surface area contributed by atoms with Crippen molar-refractivity contribution in [1.82, 2.24) is 4.98 Å². The fourth-order valence-corrected chi connectivity index (χ4v) is 19.8. The zero-order valence-corrected chi connectivity index (χ0v) is 26.6. The highest BCUT2D eigenvalue weighted by atomic mass is 28.5. The summed E-state index contributed by atoms with van der Waals surface area (Å²) in [6.45, 7) is 21.9. The summed E-state index contributed by atoms with van der Waals surface area (Å²) in [6, 6.07) is 3.98. The SMILES string of the molecule is CC1(C)CCCC2(C)C(CO[Si](C)(C)O[Si](C)(C)O[Si](C)(C)OCc3cccnc3)C3CCC2C31. The average molecular weight is 536 g/mol. The molecule has 4 bridgehead atoms. The van der Waals surface area contributed by atoms with Crippen molar-refractivity contribution in [1.29, 1.82) is 0 Å². The molecule has 8 heteroatoms. The monoisotopic (exact) mass is 535 g/mol. The molecule has 5 unspecified atom stereocenters. The molecular weight excluding hydrogens is 487 g/mol. The number of aromatic nitrogens is 1. The quantitative estimate of drug-likeness (QED) is 0.296. The fourth-order valence-electron chi connectivity index (χ4n) is 8.18. The molecule has 0 radical (unpaired) electrons. The summed E-state index contributed by atoms with van der Waals surface area (Å²) in [5, 5.41) is 0. The molecule has 3 aliphatic rings. The van der Waals surface area contributed by atoms with E-state index in [1.165, 1.54) is 32.1 Å². The molecule has 1 heterocycles. The number of nitrogens with zero attached hydrogens (tertiary/aromatic N) is 1. The van der Waals surface area contributed by atoms with Gasteiger partial charge in [-0.05, 0) is 111 Å². The van der Waals surface area contributed by atoms with Crippen LogP contribution in [0.2, 0.25) is 39.3 Å². The first kappa shape index (κ1) is 27.7. The molecule has 3 fully saturated rings. The zero-order chi connectivity index (χ0) is 25.7. The van der Waals surface area contributed by atoms with Gasteiger partial charge in [0, 0.05) is 19.0 Å². The molecule has 1 aromatic heterocycles. The first-order valence-corrected chi connectivity index (χ1v) is 22.2. The van der Waals surface area contributed by atoms with Gasteiger partial charge < -0.3 is 17.1 Å². The van der Waals surface area contributed by atoms with Crippen molar-refractivity contribution in [2.45, 2.75) is 98.8 Å². The lowest BCUT2D eigenvalue weighted by Crippen LogP contribution is -2.55. The summed E-state index contributed by atoms with van der Waals surface area (Å²) in [7, 11) is -7.13. The Morgan fingerprint density at radius 3 is 2.26 bits per heavy atom. The van der Waals surface area contributed by atoms with E-state index in [0.717, 1.165) is 29.9 Å². The minimum Gasteiger partial charge on any atom is -0.415 e. The zero-order valence-electron chi connectivity index (χ0n) is 23.6. The van der Waals surface area contributed by atoms with Gasteiger partial charge in [-0.15, -0.1) is 0 Å². The predicted molar refractivity (Wildman–Crippen MR) is 149 cm³/mol. The Morgan fingerprint density at radius 2 is 1.60 bits per heavy atom. The van der Waals surface area contributed by atoms with Crippen LogP contribution in [0.1, 0.15) is 58.4 Å². The summed E-state index contributed by atoms with van der Waals surface area (Å²) >= 11 is 0. The van der Waals surface area contributed by atoms with Gasteiger partial charge in [0.2, 0.25) is 0 Å². The molecule has 35 heavy (non-hydrogen) atoms. The second kappa shape index (κ2) is 9.75. The summed E-state index contributed by atoms with van der Waals surface area (Å²) in [4.78, 5) is 4.18. The van der Waals surface area contributed by atoms with Crippen molar-refractivity contribution in [3.05, 3.63) is 30.1 Å². The Bertz CT molecular complexity index is 878. The number of rotatable bonds is 10. The minimum absolute atomic E-state index is 0.435. The van der Waals surface area contributed by atoms with E-state index in [1.807, 2.05) is 18.3 Å². The van der Waals surface area contributed by atoms with E-state index >= 15 is 0 Å². The largest absolute Gasteiger partial charge is 0.415 e. The van der Waals surface area contributed by atoms with E-state index in [2.05, 4.69) is 65.0 Å². The van der Waals surface area contributed by atoms with Crippen LogP contribution in [-0.4, -0.2) is 37.3 Å². The standard InChI is InChI=1S/C27H49NO4Si3/c1-26(2)15-11-16-27(3)23-14-13-22(25(23)26)24(27)20-30-34(6,7)32-35(8,9)31-33(4,5)29-19-21-12-10-17-28-18-21/h10,12,17-18,22-25H,11,13-16,19-20H2,1-9H3. The van der Waals surface area contributed by atoms with Gasteiger partial charge in [-0.1, -0.05) is 33.3 Å². The van der Waals surface area contributed by atoms with E-state index in [0.29, 0.717) is 23.4 Å². The van der Waals surface area contributed by atoms with Crippen LogP contribution in [0.3, 0.4) is 0 Å². The first-order valence-electron chi connectivity index (χ1n) is 13.7. The van der Waals surface area contributed by atoms with Crippen LogP contribution in [0.25, 0.3) is 0 Å². The van der Waals surface area contributed by atoms with Crippen LogP contribution in [0, 0.1) is 34.5 Å². The highest BCUT2D eigenvalue weighted by molar-refractivity contribution is 6.84. The molecule has 0 aromatic carbocycles. The molecule has 3 aliphatic carbocycles. The lowest BCUT2D eigenvalue weighted by molar-refractivity contribution is 0.0360. The second-order valence-electron chi connectivity index (χ2n) is 13.7. The highest BCUT2D eigenvalue weighted by Crippen LogP contribution is 2.70. The van der Waals surface area contributed by atoms with E-state index in [4.69, 9.17) is 17.1 Å². The molecule has 4 rings (SSSR count). The summed E-state index contributed by atoms with van der Waals surface area (Å²) < 4.78 is 26.3. The highest BCUT2D eigenvalue weighted by Gasteiger charge is 2.64. The topological polar surface area (TPSA) is 49.8 Å². The van der Waals surface area contributed by atoms with Gasteiger partial charge in [0.05, 0.1) is 6.61 Å². The van der Waals surface area contributed by atoms with Gasteiger partial charge >= 0.3 is 25.7 Å². The van der Waals surface area contributed by atoms with Crippen molar-refractivity contribution in [2.75, 3.05) is 6.61 Å². The molecule has 1 aromatic rings. The Balaban J connectivity index is 1.35. The Labute approximate surface area is 217 Å². The Kier molecular flexibility index (Phi) is 7.71. The van der Waals surface area contributed by atoms with Gasteiger partial charge in [-0.3, -0.25) is 4.98 Å². The normalized spacial score (nSPS) is 32.6. The van der Waals surface area contributed by atoms with Gasteiger partial charge in [0.15, 0.2) is 0 Å². The van der Waals surface area contributed by atoms with Crippen molar-refractivity contribution in [3.8, 4) is 0 Å². The molecule has 0 amide bonds. The van der Waals surface area contributed by atoms with Crippen LogP contribution in [-0.2, 0) is 23.7 Å². The Hall–Kier alpha value is -0.359. The van der Waals surface area contributed by atoms with Crippen LogP contribution in [0.4, 0.5) is 0 Å². The van der Waals surface area contributed by atoms with Crippen molar-refractivity contribution < 1.29 is 17.1 Å². The second-order valence-corrected chi connectivity index (χ2v) is 24.3. The number of hydrogen-bond donors (Lipinski definition) is 0. The predicted octanol–water partition coefficient (Wildman–Crippen LogP) is 7.24. The molecular formula is C27H49NO4Si3. The van der Waals surface area contributed by atoms with Gasteiger partial charge in [-0.2, -0.15) is 0 Å². The van der Waals surface area contributed by atoms with Gasteiger partial charge in [0.1, 0.15) is 0 Å². The first-order chi connectivity index (χ1) is 16.1. The number of hydrogen-bond acceptors (Lipinski definition) is 5. The molecule has 0 saturated heterocycles. The van der Waals surface area contributed by atoms with Crippen molar-refractivity contribution >= 4 is 25.7 Å². The molecule has 5 nitrogen and oxygen atoms in total.